The van der Waals surface area contributed by atoms with Crippen LogP contribution in [0.2, 0.25) is 0 Å². The maximum Gasteiger partial charge on any atom is 0.573 e. The van der Waals surface area contributed by atoms with E-state index in [0.717, 1.165) is 19.2 Å². The number of carbonyl (C=O) groups excluding carboxylic acids is 1. The predicted molar refractivity (Wildman–Crippen MR) is 48.8 cm³/mol. The number of hydrogen-bond acceptors (Lipinski definition) is 4. The monoisotopic (exact) mass is 253 g/mol. The number of carbonyl (C=O) groups is 1. The average Bonchev–Trinajstić information content (AvgIpc) is 2.21. The summed E-state index contributed by atoms with van der Waals surface area (Å²) in [6.45, 7) is 0. The van der Waals surface area contributed by atoms with Crippen molar-refractivity contribution in [3.8, 4) is 5.75 Å². The van der Waals surface area contributed by atoms with Crippen molar-refractivity contribution in [1.82, 2.24) is 0 Å². The van der Waals surface area contributed by atoms with Crippen LogP contribution in [0.3, 0.4) is 0 Å². The smallest absolute Gasteiger partial charge is 0.465 e. The van der Waals surface area contributed by atoms with Crippen molar-refractivity contribution in [2.45, 2.75) is 6.36 Å². The summed E-state index contributed by atoms with van der Waals surface area (Å²) in [4.78, 5) is 11.1. The fourth-order valence-electron chi connectivity index (χ4n) is 1.09. The van der Waals surface area contributed by atoms with Gasteiger partial charge in [-0.2, -0.15) is 0 Å². The predicted octanol–water partition coefficient (Wildman–Crippen LogP) is 2.09. The van der Waals surface area contributed by atoms with E-state index in [0.29, 0.717) is 0 Å². The zero-order valence-electron chi connectivity index (χ0n) is 8.47. The highest BCUT2D eigenvalue weighted by Gasteiger charge is 2.35. The maximum atomic E-state index is 13.2. The van der Waals surface area contributed by atoms with Crippen LogP contribution < -0.4 is 10.5 Å². The van der Waals surface area contributed by atoms with E-state index in [-0.39, 0.29) is 0 Å². The molecule has 0 amide bonds. The van der Waals surface area contributed by atoms with Gasteiger partial charge in [0.2, 0.25) is 0 Å². The molecule has 0 aliphatic carbocycles. The molecule has 0 aromatic heterocycles. The summed E-state index contributed by atoms with van der Waals surface area (Å²) in [7, 11) is 0.891. The summed E-state index contributed by atoms with van der Waals surface area (Å²) in [5.41, 5.74) is 3.67. The molecule has 8 heteroatoms. The molecule has 2 N–H and O–H groups in total. The summed E-state index contributed by atoms with van der Waals surface area (Å²) in [5.74, 6) is -3.64. The van der Waals surface area contributed by atoms with Crippen LogP contribution >= 0.6 is 0 Å². The van der Waals surface area contributed by atoms with E-state index >= 15 is 0 Å². The zero-order chi connectivity index (χ0) is 13.2. The molecule has 1 aromatic rings. The number of rotatable bonds is 2. The minimum absolute atomic E-state index is 0.524. The Hall–Kier alpha value is -1.99. The van der Waals surface area contributed by atoms with Crippen LogP contribution in [0.15, 0.2) is 12.1 Å². The largest absolute Gasteiger partial charge is 0.573 e. The lowest BCUT2D eigenvalue weighted by Crippen LogP contribution is -2.21. The number of nitrogens with two attached hydrogens (primary N) is 1. The molecule has 1 aromatic carbocycles. The van der Waals surface area contributed by atoms with Crippen molar-refractivity contribution in [2.24, 2.45) is 0 Å². The summed E-state index contributed by atoms with van der Waals surface area (Å²) in [6, 6.07) is 1.59. The summed E-state index contributed by atoms with van der Waals surface area (Å²) >= 11 is 0. The van der Waals surface area contributed by atoms with Gasteiger partial charge in [0.05, 0.1) is 12.8 Å². The van der Waals surface area contributed by atoms with Gasteiger partial charge in [0.25, 0.3) is 0 Å². The molecule has 1 rings (SSSR count). The van der Waals surface area contributed by atoms with Crippen molar-refractivity contribution in [3.63, 3.8) is 0 Å². The molecule has 0 unspecified atom stereocenters. The highest BCUT2D eigenvalue weighted by atomic mass is 19.4. The average molecular weight is 253 g/mol. The Kier molecular flexibility index (Phi) is 3.45. The van der Waals surface area contributed by atoms with Crippen LogP contribution in [0, 0.1) is 5.82 Å². The molecule has 0 saturated carbocycles. The molecule has 0 radical (unpaired) electrons. The molecule has 0 fully saturated rings. The first-order valence-corrected chi connectivity index (χ1v) is 4.18. The molecule has 0 atom stereocenters. The molecular formula is C9H7F4NO3. The van der Waals surface area contributed by atoms with E-state index < -0.39 is 35.1 Å². The molecule has 0 heterocycles. The van der Waals surface area contributed by atoms with Crippen molar-refractivity contribution >= 4 is 11.7 Å². The van der Waals surface area contributed by atoms with Crippen molar-refractivity contribution in [3.05, 3.63) is 23.5 Å². The molecule has 17 heavy (non-hydrogen) atoms. The van der Waals surface area contributed by atoms with Crippen LogP contribution in [0.1, 0.15) is 10.4 Å². The first kappa shape index (κ1) is 13.1. The van der Waals surface area contributed by atoms with Crippen LogP contribution in [0.25, 0.3) is 0 Å². The maximum absolute atomic E-state index is 13.2. The SMILES string of the molecule is COC(=O)c1c(F)ccc(N)c1OC(F)(F)F. The number of hydrogen-bond donors (Lipinski definition) is 1. The number of methoxy groups -OCH3 is 1. The third-order valence-corrected chi connectivity index (χ3v) is 1.74. The highest BCUT2D eigenvalue weighted by Crippen LogP contribution is 2.33. The lowest BCUT2D eigenvalue weighted by atomic mass is 10.1. The Morgan fingerprint density at radius 3 is 2.41 bits per heavy atom. The van der Waals surface area contributed by atoms with Gasteiger partial charge >= 0.3 is 12.3 Å². The molecule has 0 bridgehead atoms. The summed E-state index contributed by atoms with van der Waals surface area (Å²) in [5, 5.41) is 0. The van der Waals surface area contributed by atoms with Gasteiger partial charge in [-0.25, -0.2) is 9.18 Å². The first-order valence-electron chi connectivity index (χ1n) is 4.18. The highest BCUT2D eigenvalue weighted by molar-refractivity contribution is 5.94. The van der Waals surface area contributed by atoms with Gasteiger partial charge in [0, 0.05) is 0 Å². The standard InChI is InChI=1S/C9H7F4NO3/c1-16-8(15)6-4(10)2-3-5(14)7(6)17-9(11,12)13/h2-3H,14H2,1H3. The van der Waals surface area contributed by atoms with Gasteiger partial charge in [-0.1, -0.05) is 0 Å². The lowest BCUT2D eigenvalue weighted by molar-refractivity contribution is -0.274. The van der Waals surface area contributed by atoms with Gasteiger partial charge in [0.15, 0.2) is 5.75 Å². The Labute approximate surface area is 92.9 Å². The number of halogens is 4. The van der Waals surface area contributed by atoms with Crippen molar-refractivity contribution in [1.29, 1.82) is 0 Å². The molecular weight excluding hydrogens is 246 g/mol. The first-order chi connectivity index (χ1) is 7.76. The number of nitrogen functional groups attached to an aromatic ring is 1. The molecule has 0 aliphatic heterocycles. The number of anilines is 1. The summed E-state index contributed by atoms with van der Waals surface area (Å²) in [6.07, 6.45) is -5.09. The van der Waals surface area contributed by atoms with Gasteiger partial charge in [-0.05, 0) is 12.1 Å². The Morgan fingerprint density at radius 2 is 1.94 bits per heavy atom. The third-order valence-electron chi connectivity index (χ3n) is 1.74. The Morgan fingerprint density at radius 1 is 1.35 bits per heavy atom. The van der Waals surface area contributed by atoms with Crippen LogP contribution in [-0.4, -0.2) is 19.4 Å². The minimum atomic E-state index is -5.09. The second-order valence-electron chi connectivity index (χ2n) is 2.88. The minimum Gasteiger partial charge on any atom is -0.465 e. The lowest BCUT2D eigenvalue weighted by Gasteiger charge is -2.14. The van der Waals surface area contributed by atoms with E-state index in [1.807, 2.05) is 0 Å². The van der Waals surface area contributed by atoms with Crippen LogP contribution in [0.5, 0.6) is 5.75 Å². The zero-order valence-corrected chi connectivity index (χ0v) is 8.47. The Balaban J connectivity index is 3.35. The topological polar surface area (TPSA) is 61.5 Å². The van der Waals surface area contributed by atoms with Gasteiger partial charge in [0.1, 0.15) is 11.4 Å². The number of ether oxygens (including phenoxy) is 2. The quantitative estimate of drug-likeness (QED) is 0.498. The summed E-state index contributed by atoms with van der Waals surface area (Å²) < 4.78 is 57.0. The van der Waals surface area contributed by atoms with E-state index in [9.17, 15) is 22.4 Å². The van der Waals surface area contributed by atoms with Gasteiger partial charge < -0.3 is 15.2 Å². The molecule has 0 saturated heterocycles. The van der Waals surface area contributed by atoms with Crippen molar-refractivity contribution in [2.75, 3.05) is 12.8 Å². The van der Waals surface area contributed by atoms with E-state index in [2.05, 4.69) is 9.47 Å². The Bertz CT molecular complexity index is 445. The molecule has 0 spiro atoms. The van der Waals surface area contributed by atoms with Gasteiger partial charge in [-0.15, -0.1) is 13.2 Å². The fraction of sp³-hybridized carbons (Fsp3) is 0.222. The van der Waals surface area contributed by atoms with E-state index in [1.165, 1.54) is 0 Å². The molecule has 0 aliphatic rings. The molecule has 94 valence electrons. The normalized spacial score (nSPS) is 11.1. The second-order valence-corrected chi connectivity index (χ2v) is 2.88. The van der Waals surface area contributed by atoms with E-state index in [4.69, 9.17) is 5.73 Å². The van der Waals surface area contributed by atoms with Crippen molar-refractivity contribution < 1.29 is 31.8 Å². The number of benzene rings is 1. The number of alkyl halides is 3. The fourth-order valence-corrected chi connectivity index (χ4v) is 1.09. The number of esters is 1. The molecule has 4 nitrogen and oxygen atoms in total. The van der Waals surface area contributed by atoms with E-state index in [1.54, 1.807) is 0 Å². The van der Waals surface area contributed by atoms with Gasteiger partial charge in [-0.3, -0.25) is 0 Å². The second kappa shape index (κ2) is 4.48. The van der Waals surface area contributed by atoms with Crippen LogP contribution in [-0.2, 0) is 4.74 Å². The third kappa shape index (κ3) is 2.99. The van der Waals surface area contributed by atoms with Crippen LogP contribution in [0.4, 0.5) is 23.2 Å².